The summed E-state index contributed by atoms with van der Waals surface area (Å²) in [5.41, 5.74) is 3.76. The lowest BCUT2D eigenvalue weighted by atomic mass is 9.94. The number of carbonyl (C=O) groups is 2. The zero-order valence-electron chi connectivity index (χ0n) is 17.9. The minimum absolute atomic E-state index is 0.00312. The van der Waals surface area contributed by atoms with Gasteiger partial charge in [0, 0.05) is 11.7 Å². The third kappa shape index (κ3) is 3.60. The van der Waals surface area contributed by atoms with Crippen molar-refractivity contribution in [2.75, 3.05) is 10.2 Å². The van der Waals surface area contributed by atoms with Crippen molar-refractivity contribution in [3.05, 3.63) is 54.1 Å². The Morgan fingerprint density at radius 3 is 2.55 bits per heavy atom. The summed E-state index contributed by atoms with van der Waals surface area (Å²) >= 11 is 0. The van der Waals surface area contributed by atoms with Gasteiger partial charge < -0.3 is 5.32 Å². The van der Waals surface area contributed by atoms with E-state index >= 15 is 0 Å². The topological polar surface area (TPSA) is 67.2 Å². The van der Waals surface area contributed by atoms with E-state index in [9.17, 15) is 9.59 Å². The number of anilines is 2. The van der Waals surface area contributed by atoms with E-state index in [-0.39, 0.29) is 24.3 Å². The Morgan fingerprint density at radius 1 is 1.06 bits per heavy atom. The summed E-state index contributed by atoms with van der Waals surface area (Å²) in [5.74, 6) is 0.539. The Bertz CT molecular complexity index is 1110. The Kier molecular flexibility index (Phi) is 5.22. The molecule has 6 heteroatoms. The molecule has 1 aromatic heterocycles. The summed E-state index contributed by atoms with van der Waals surface area (Å²) in [6.07, 6.45) is 6.54. The van der Waals surface area contributed by atoms with Crippen molar-refractivity contribution in [3.8, 4) is 0 Å². The van der Waals surface area contributed by atoms with Crippen LogP contribution in [0.5, 0.6) is 0 Å². The molecule has 0 spiro atoms. The highest BCUT2D eigenvalue weighted by Crippen LogP contribution is 2.40. The van der Waals surface area contributed by atoms with Crippen LogP contribution in [0.25, 0.3) is 11.0 Å². The molecule has 0 saturated heterocycles. The Balaban J connectivity index is 1.44. The van der Waals surface area contributed by atoms with Gasteiger partial charge in [0.2, 0.25) is 11.9 Å². The van der Waals surface area contributed by atoms with Crippen LogP contribution in [0, 0.1) is 0 Å². The van der Waals surface area contributed by atoms with E-state index in [4.69, 9.17) is 4.98 Å². The molecule has 1 N–H and O–H groups in total. The zero-order valence-corrected chi connectivity index (χ0v) is 17.9. The molecule has 0 bridgehead atoms. The first kappa shape index (κ1) is 19.8. The van der Waals surface area contributed by atoms with Gasteiger partial charge in [-0.05, 0) is 49.1 Å². The van der Waals surface area contributed by atoms with Crippen molar-refractivity contribution in [3.63, 3.8) is 0 Å². The predicted octanol–water partition coefficient (Wildman–Crippen LogP) is 4.85. The van der Waals surface area contributed by atoms with Crippen LogP contribution in [0.1, 0.15) is 57.1 Å². The monoisotopic (exact) mass is 416 g/mol. The minimum atomic E-state index is -0.556. The predicted molar refractivity (Wildman–Crippen MR) is 122 cm³/mol. The number of benzene rings is 2. The molecule has 2 heterocycles. The van der Waals surface area contributed by atoms with E-state index in [0.29, 0.717) is 5.95 Å². The molecule has 6 nitrogen and oxygen atoms in total. The van der Waals surface area contributed by atoms with E-state index in [1.807, 2.05) is 58.0 Å². The van der Waals surface area contributed by atoms with E-state index in [1.54, 1.807) is 0 Å². The first-order valence-corrected chi connectivity index (χ1v) is 11.3. The molecule has 2 aromatic carbocycles. The third-order valence-electron chi connectivity index (χ3n) is 6.59. The lowest BCUT2D eigenvalue weighted by Gasteiger charge is -2.30. The van der Waals surface area contributed by atoms with Crippen molar-refractivity contribution in [1.29, 1.82) is 0 Å². The molecule has 1 saturated carbocycles. The number of aryl methyl sites for hydroxylation is 1. The van der Waals surface area contributed by atoms with Crippen molar-refractivity contribution in [2.24, 2.45) is 0 Å². The summed E-state index contributed by atoms with van der Waals surface area (Å²) in [5, 5.41) is 2.96. The highest BCUT2D eigenvalue weighted by Gasteiger charge is 2.44. The fourth-order valence-electron chi connectivity index (χ4n) is 4.95. The second-order valence-corrected chi connectivity index (χ2v) is 8.59. The molecule has 1 atom stereocenters. The largest absolute Gasteiger partial charge is 0.326 e. The van der Waals surface area contributed by atoms with Crippen LogP contribution in [0.2, 0.25) is 0 Å². The number of aromatic nitrogens is 2. The van der Waals surface area contributed by atoms with E-state index in [0.717, 1.165) is 48.8 Å². The van der Waals surface area contributed by atoms with Crippen LogP contribution in [-0.4, -0.2) is 27.4 Å². The fraction of sp³-hybridized carbons (Fsp3) is 0.400. The number of carbonyl (C=O) groups excluding carboxylic acids is 2. The number of imidazole rings is 1. The van der Waals surface area contributed by atoms with Crippen LogP contribution in [0.3, 0.4) is 0 Å². The molecule has 3 aromatic rings. The minimum Gasteiger partial charge on any atom is -0.326 e. The van der Waals surface area contributed by atoms with Crippen LogP contribution in [-0.2, 0) is 16.0 Å². The number of hydrogen-bond donors (Lipinski definition) is 1. The van der Waals surface area contributed by atoms with E-state index < -0.39 is 6.04 Å². The maximum atomic E-state index is 13.5. The number of nitrogens with one attached hydrogen (secondary N) is 1. The molecule has 1 aliphatic carbocycles. The number of amides is 2. The quantitative estimate of drug-likeness (QED) is 0.647. The normalized spacial score (nSPS) is 19.1. The Labute approximate surface area is 182 Å². The molecule has 1 fully saturated rings. The third-order valence-corrected chi connectivity index (χ3v) is 6.59. The maximum absolute atomic E-state index is 13.5. The molecule has 5 rings (SSSR count). The smallest absolute Gasteiger partial charge is 0.253 e. The van der Waals surface area contributed by atoms with Gasteiger partial charge in [-0.15, -0.1) is 0 Å². The summed E-state index contributed by atoms with van der Waals surface area (Å²) < 4.78 is 1.98. The van der Waals surface area contributed by atoms with Gasteiger partial charge in [-0.25, -0.2) is 4.98 Å². The first-order chi connectivity index (χ1) is 15.2. The molecule has 2 amide bonds. The number of nitrogens with zero attached hydrogens (tertiary/aromatic N) is 3. The van der Waals surface area contributed by atoms with Gasteiger partial charge in [-0.1, -0.05) is 50.5 Å². The summed E-state index contributed by atoms with van der Waals surface area (Å²) in [4.78, 5) is 33.1. The van der Waals surface area contributed by atoms with E-state index in [2.05, 4.69) is 12.2 Å². The molecule has 0 unspecified atom stereocenters. The molecule has 160 valence electrons. The second-order valence-electron chi connectivity index (χ2n) is 8.59. The molecular formula is C25H28N4O2. The summed E-state index contributed by atoms with van der Waals surface area (Å²) in [7, 11) is 0. The van der Waals surface area contributed by atoms with Crippen LogP contribution < -0.4 is 10.2 Å². The fourth-order valence-corrected chi connectivity index (χ4v) is 4.95. The Morgan fingerprint density at radius 2 is 1.81 bits per heavy atom. The SMILES string of the molecule is CCc1ccc(NC(=O)C[C@H]2C(=O)N(C3CCCCC3)c3nc4ccccc4n32)cc1. The number of rotatable bonds is 5. The van der Waals surface area contributed by atoms with Gasteiger partial charge in [0.25, 0.3) is 5.91 Å². The maximum Gasteiger partial charge on any atom is 0.253 e. The molecular weight excluding hydrogens is 388 g/mol. The van der Waals surface area contributed by atoms with Crippen molar-refractivity contribution >= 4 is 34.5 Å². The zero-order chi connectivity index (χ0) is 21.4. The van der Waals surface area contributed by atoms with Crippen LogP contribution in [0.4, 0.5) is 11.6 Å². The number of para-hydroxylation sites is 2. The van der Waals surface area contributed by atoms with Crippen molar-refractivity contribution in [1.82, 2.24) is 9.55 Å². The highest BCUT2D eigenvalue weighted by molar-refractivity contribution is 6.05. The molecule has 31 heavy (non-hydrogen) atoms. The molecule has 1 aliphatic heterocycles. The average molecular weight is 417 g/mol. The van der Waals surface area contributed by atoms with Gasteiger partial charge in [0.05, 0.1) is 17.5 Å². The van der Waals surface area contributed by atoms with Crippen LogP contribution >= 0.6 is 0 Å². The van der Waals surface area contributed by atoms with Crippen molar-refractivity contribution in [2.45, 2.75) is 64.0 Å². The highest BCUT2D eigenvalue weighted by atomic mass is 16.2. The summed E-state index contributed by atoms with van der Waals surface area (Å²) in [6.45, 7) is 2.10. The summed E-state index contributed by atoms with van der Waals surface area (Å²) in [6, 6.07) is 15.3. The van der Waals surface area contributed by atoms with Gasteiger partial charge >= 0.3 is 0 Å². The standard InChI is InChI=1S/C25H28N4O2/c1-2-17-12-14-18(15-13-17)26-23(30)16-22-24(31)28(19-8-4-3-5-9-19)25-27-20-10-6-7-11-21(20)29(22)25/h6-7,10-15,19,22H,2-5,8-9,16H2,1H3,(H,26,30)/t22-/m0/s1. The molecule has 2 aliphatic rings. The van der Waals surface area contributed by atoms with Gasteiger partial charge in [0.15, 0.2) is 0 Å². The van der Waals surface area contributed by atoms with Gasteiger partial charge in [0.1, 0.15) is 6.04 Å². The second kappa shape index (κ2) is 8.17. The van der Waals surface area contributed by atoms with Gasteiger partial charge in [-0.2, -0.15) is 0 Å². The van der Waals surface area contributed by atoms with Gasteiger partial charge in [-0.3, -0.25) is 19.1 Å². The van der Waals surface area contributed by atoms with Crippen LogP contribution in [0.15, 0.2) is 48.5 Å². The van der Waals surface area contributed by atoms with E-state index in [1.165, 1.54) is 12.0 Å². The lowest BCUT2D eigenvalue weighted by Crippen LogP contribution is -2.41. The first-order valence-electron chi connectivity index (χ1n) is 11.3. The lowest BCUT2D eigenvalue weighted by molar-refractivity contribution is -0.125. The molecule has 0 radical (unpaired) electrons. The van der Waals surface area contributed by atoms with Crippen molar-refractivity contribution < 1.29 is 9.59 Å². The Hall–Kier alpha value is -3.15. The number of hydrogen-bond acceptors (Lipinski definition) is 3. The average Bonchev–Trinajstić information content (AvgIpc) is 3.29. The number of fused-ring (bicyclic) bond motifs is 3.